The van der Waals surface area contributed by atoms with Crippen LogP contribution in [-0.2, 0) is 7.05 Å². The zero-order valence-electron chi connectivity index (χ0n) is 16.8. The van der Waals surface area contributed by atoms with E-state index in [0.717, 1.165) is 11.4 Å². The van der Waals surface area contributed by atoms with Gasteiger partial charge in [-0.3, -0.25) is 14.3 Å². The van der Waals surface area contributed by atoms with Gasteiger partial charge in [0.1, 0.15) is 17.2 Å². The number of para-hydroxylation sites is 1. The van der Waals surface area contributed by atoms with E-state index in [1.807, 2.05) is 44.3 Å². The Morgan fingerprint density at radius 3 is 2.45 bits per heavy atom. The molecular weight excluding hydrogens is 370 g/mol. The number of ether oxygens (including phenoxy) is 2. The first kappa shape index (κ1) is 20.0. The molecule has 0 aliphatic carbocycles. The van der Waals surface area contributed by atoms with Gasteiger partial charge in [0.15, 0.2) is 5.78 Å². The third-order valence-corrected chi connectivity index (χ3v) is 4.69. The Kier molecular flexibility index (Phi) is 5.87. The lowest BCUT2D eigenvalue weighted by atomic mass is 10.1. The normalized spacial score (nSPS) is 10.9. The fourth-order valence-corrected chi connectivity index (χ4v) is 3.03. The number of methoxy groups -OCH3 is 2. The van der Waals surface area contributed by atoms with Crippen molar-refractivity contribution in [3.8, 4) is 17.2 Å². The number of rotatable bonds is 7. The molecule has 1 aromatic heterocycles. The van der Waals surface area contributed by atoms with E-state index in [1.54, 1.807) is 34.7 Å². The summed E-state index contributed by atoms with van der Waals surface area (Å²) in [5.74, 6) is 0.761. The van der Waals surface area contributed by atoms with E-state index in [2.05, 4.69) is 5.32 Å². The van der Waals surface area contributed by atoms with Crippen LogP contribution in [0.3, 0.4) is 0 Å². The van der Waals surface area contributed by atoms with Crippen molar-refractivity contribution < 1.29 is 14.3 Å². The number of nitrogens with zero attached hydrogens (tertiary/aromatic N) is 2. The van der Waals surface area contributed by atoms with Gasteiger partial charge in [-0.15, -0.1) is 0 Å². The molecule has 1 N–H and O–H groups in total. The molecule has 0 unspecified atom stereocenters. The highest BCUT2D eigenvalue weighted by atomic mass is 16.5. The van der Waals surface area contributed by atoms with Gasteiger partial charge in [0, 0.05) is 25.4 Å². The van der Waals surface area contributed by atoms with Crippen molar-refractivity contribution in [1.82, 2.24) is 9.36 Å². The van der Waals surface area contributed by atoms with Crippen LogP contribution in [0.4, 0.5) is 5.69 Å². The van der Waals surface area contributed by atoms with E-state index >= 15 is 0 Å². The molecule has 3 aromatic rings. The lowest BCUT2D eigenvalue weighted by molar-refractivity contribution is 0.104. The molecule has 2 aromatic carbocycles. The Labute approximate surface area is 168 Å². The maximum atomic E-state index is 12.9. The molecule has 150 valence electrons. The van der Waals surface area contributed by atoms with E-state index < -0.39 is 0 Å². The molecule has 0 aliphatic rings. The van der Waals surface area contributed by atoms with E-state index in [0.29, 0.717) is 22.7 Å². The SMILES string of the molecule is COc1ccc(C(=O)C=CNc2c(C)n(C)n(-c3ccccc3)c2=O)c(OC)c1. The Bertz CT molecular complexity index is 1110. The predicted octanol–water partition coefficient (Wildman–Crippen LogP) is 3.31. The summed E-state index contributed by atoms with van der Waals surface area (Å²) in [4.78, 5) is 25.4. The van der Waals surface area contributed by atoms with Crippen LogP contribution >= 0.6 is 0 Å². The van der Waals surface area contributed by atoms with Gasteiger partial charge in [0.2, 0.25) is 0 Å². The molecule has 0 spiro atoms. The molecule has 7 nitrogen and oxygen atoms in total. The first-order valence-corrected chi connectivity index (χ1v) is 9.01. The number of hydrogen-bond donors (Lipinski definition) is 1. The largest absolute Gasteiger partial charge is 0.497 e. The van der Waals surface area contributed by atoms with Gasteiger partial charge in [-0.1, -0.05) is 18.2 Å². The maximum absolute atomic E-state index is 12.9. The highest BCUT2D eigenvalue weighted by Gasteiger charge is 2.15. The molecule has 0 bridgehead atoms. The van der Waals surface area contributed by atoms with Gasteiger partial charge in [-0.2, -0.15) is 0 Å². The Hall–Kier alpha value is -3.74. The molecule has 3 rings (SSSR count). The summed E-state index contributed by atoms with van der Waals surface area (Å²) in [6.45, 7) is 1.84. The first-order chi connectivity index (χ1) is 14.0. The average Bonchev–Trinajstić information content (AvgIpc) is 2.96. The monoisotopic (exact) mass is 393 g/mol. The van der Waals surface area contributed by atoms with Gasteiger partial charge >= 0.3 is 0 Å². The van der Waals surface area contributed by atoms with E-state index in [9.17, 15) is 9.59 Å². The van der Waals surface area contributed by atoms with Gasteiger partial charge in [-0.25, -0.2) is 4.68 Å². The number of hydrogen-bond acceptors (Lipinski definition) is 5. The van der Waals surface area contributed by atoms with Crippen molar-refractivity contribution in [3.05, 3.63) is 82.4 Å². The number of carbonyl (C=O) groups is 1. The minimum atomic E-state index is -0.256. The summed E-state index contributed by atoms with van der Waals surface area (Å²) in [6, 6.07) is 14.3. The summed E-state index contributed by atoms with van der Waals surface area (Å²) in [7, 11) is 4.85. The fourth-order valence-electron chi connectivity index (χ4n) is 3.03. The number of carbonyl (C=O) groups excluding carboxylic acids is 1. The second kappa shape index (κ2) is 8.52. The number of benzene rings is 2. The van der Waals surface area contributed by atoms with Crippen LogP contribution in [0.15, 0.2) is 65.6 Å². The molecule has 1 heterocycles. The number of ketones is 1. The van der Waals surface area contributed by atoms with E-state index in [1.165, 1.54) is 19.4 Å². The summed E-state index contributed by atoms with van der Waals surface area (Å²) in [6.07, 6.45) is 2.83. The van der Waals surface area contributed by atoms with Crippen LogP contribution < -0.4 is 20.3 Å². The number of allylic oxidation sites excluding steroid dienone is 1. The van der Waals surface area contributed by atoms with Crippen molar-refractivity contribution in [2.75, 3.05) is 19.5 Å². The zero-order valence-corrected chi connectivity index (χ0v) is 16.8. The van der Waals surface area contributed by atoms with Crippen LogP contribution in [0.1, 0.15) is 16.1 Å². The molecule has 0 fully saturated rings. The molecule has 0 saturated heterocycles. The number of anilines is 1. The highest BCUT2D eigenvalue weighted by molar-refractivity contribution is 6.06. The Morgan fingerprint density at radius 1 is 1.07 bits per heavy atom. The van der Waals surface area contributed by atoms with Crippen LogP contribution in [0.5, 0.6) is 11.5 Å². The number of aromatic nitrogens is 2. The lowest BCUT2D eigenvalue weighted by Crippen LogP contribution is -2.20. The molecule has 0 amide bonds. The van der Waals surface area contributed by atoms with Crippen LogP contribution in [0.2, 0.25) is 0 Å². The molecule has 0 atom stereocenters. The third-order valence-electron chi connectivity index (χ3n) is 4.69. The quantitative estimate of drug-likeness (QED) is 0.492. The summed E-state index contributed by atoms with van der Waals surface area (Å²) < 4.78 is 13.7. The minimum absolute atomic E-state index is 0.199. The van der Waals surface area contributed by atoms with Crippen LogP contribution in [0.25, 0.3) is 5.69 Å². The van der Waals surface area contributed by atoms with Crippen molar-refractivity contribution in [3.63, 3.8) is 0 Å². The second-order valence-electron chi connectivity index (χ2n) is 6.34. The first-order valence-electron chi connectivity index (χ1n) is 9.01. The minimum Gasteiger partial charge on any atom is -0.497 e. The van der Waals surface area contributed by atoms with Gasteiger partial charge < -0.3 is 14.8 Å². The molecule has 0 radical (unpaired) electrons. The fraction of sp³-hybridized carbons (Fsp3) is 0.182. The second-order valence-corrected chi connectivity index (χ2v) is 6.34. The van der Waals surface area contributed by atoms with Crippen molar-refractivity contribution in [1.29, 1.82) is 0 Å². The standard InChI is InChI=1S/C22H23N3O4/c1-15-21(22(27)25(24(15)2)16-8-6-5-7-9-16)23-13-12-19(26)18-11-10-17(28-3)14-20(18)29-4/h5-14,23H,1-4H3. The van der Waals surface area contributed by atoms with Gasteiger partial charge in [0.05, 0.1) is 31.2 Å². The maximum Gasteiger partial charge on any atom is 0.295 e. The topological polar surface area (TPSA) is 74.5 Å². The highest BCUT2D eigenvalue weighted by Crippen LogP contribution is 2.25. The zero-order chi connectivity index (χ0) is 21.0. The van der Waals surface area contributed by atoms with Crippen molar-refractivity contribution in [2.45, 2.75) is 6.92 Å². The summed E-state index contributed by atoms with van der Waals surface area (Å²) >= 11 is 0. The van der Waals surface area contributed by atoms with Crippen LogP contribution in [0, 0.1) is 6.92 Å². The van der Waals surface area contributed by atoms with E-state index in [4.69, 9.17) is 9.47 Å². The molecular formula is C22H23N3O4. The summed E-state index contributed by atoms with van der Waals surface area (Å²) in [5.41, 5.74) is 2.12. The molecule has 0 saturated carbocycles. The molecule has 29 heavy (non-hydrogen) atoms. The molecule has 0 aliphatic heterocycles. The van der Waals surface area contributed by atoms with Crippen molar-refractivity contribution >= 4 is 11.5 Å². The van der Waals surface area contributed by atoms with Crippen molar-refractivity contribution in [2.24, 2.45) is 7.05 Å². The van der Waals surface area contributed by atoms with E-state index in [-0.39, 0.29) is 11.3 Å². The van der Waals surface area contributed by atoms with Crippen LogP contribution in [-0.4, -0.2) is 29.4 Å². The third kappa shape index (κ3) is 3.94. The Morgan fingerprint density at radius 2 is 1.79 bits per heavy atom. The molecule has 7 heteroatoms. The lowest BCUT2D eigenvalue weighted by Gasteiger charge is -2.08. The van der Waals surface area contributed by atoms with Gasteiger partial charge in [0.25, 0.3) is 5.56 Å². The number of nitrogens with one attached hydrogen (secondary N) is 1. The Balaban J connectivity index is 1.84. The predicted molar refractivity (Wildman–Crippen MR) is 112 cm³/mol. The van der Waals surface area contributed by atoms with Gasteiger partial charge in [-0.05, 0) is 31.2 Å². The summed E-state index contributed by atoms with van der Waals surface area (Å²) in [5, 5.41) is 2.95. The smallest absolute Gasteiger partial charge is 0.295 e. The average molecular weight is 393 g/mol.